The quantitative estimate of drug-likeness (QED) is 0.514. The van der Waals surface area contributed by atoms with Crippen molar-refractivity contribution in [3.05, 3.63) is 77.9 Å². The van der Waals surface area contributed by atoms with Crippen LogP contribution in [0.2, 0.25) is 0 Å². The number of imidazole rings is 1. The van der Waals surface area contributed by atoms with E-state index in [1.165, 1.54) is 0 Å². The van der Waals surface area contributed by atoms with Crippen LogP contribution in [0.4, 0.5) is 0 Å². The van der Waals surface area contributed by atoms with E-state index in [0.717, 1.165) is 28.7 Å². The highest BCUT2D eigenvalue weighted by molar-refractivity contribution is 5.64. The molecule has 6 heteroatoms. The molecule has 1 aliphatic carbocycles. The molecule has 0 spiro atoms. The Hall–Kier alpha value is -2.95. The summed E-state index contributed by atoms with van der Waals surface area (Å²) in [7, 11) is 0. The summed E-state index contributed by atoms with van der Waals surface area (Å²) in [5.74, 6) is 6.66. The molecule has 1 saturated carbocycles. The minimum atomic E-state index is -0.727. The normalized spacial score (nSPS) is 19.4. The molecule has 0 unspecified atom stereocenters. The minimum absolute atomic E-state index is 0.163. The maximum Gasteiger partial charge on any atom is 0.138 e. The van der Waals surface area contributed by atoms with Gasteiger partial charge in [0.25, 0.3) is 0 Å². The molecule has 0 radical (unpaired) electrons. The van der Waals surface area contributed by atoms with Crippen molar-refractivity contribution in [2.24, 2.45) is 5.73 Å². The van der Waals surface area contributed by atoms with Crippen LogP contribution in [0.3, 0.4) is 0 Å². The van der Waals surface area contributed by atoms with E-state index in [4.69, 9.17) is 10.5 Å². The Labute approximate surface area is 182 Å². The first-order valence-corrected chi connectivity index (χ1v) is 10.4. The zero-order valence-corrected chi connectivity index (χ0v) is 17.5. The van der Waals surface area contributed by atoms with E-state index in [9.17, 15) is 10.2 Å². The van der Waals surface area contributed by atoms with Crippen LogP contribution in [0.25, 0.3) is 11.1 Å². The minimum Gasteiger partial charge on any atom is -0.393 e. The number of aromatic nitrogens is 2. The molecule has 4 rings (SSSR count). The van der Waals surface area contributed by atoms with Gasteiger partial charge in [0.05, 0.1) is 19.3 Å². The number of hydrogen-bond donors (Lipinski definition) is 3. The second kappa shape index (κ2) is 9.46. The van der Waals surface area contributed by atoms with Gasteiger partial charge in [-0.3, -0.25) is 0 Å². The van der Waals surface area contributed by atoms with Crippen molar-refractivity contribution < 1.29 is 14.9 Å². The summed E-state index contributed by atoms with van der Waals surface area (Å²) < 4.78 is 7.44. The van der Waals surface area contributed by atoms with Gasteiger partial charge in [-0.05, 0) is 42.2 Å². The fourth-order valence-electron chi connectivity index (χ4n) is 3.41. The Morgan fingerprint density at radius 3 is 2.39 bits per heavy atom. The maximum absolute atomic E-state index is 9.82. The Kier molecular flexibility index (Phi) is 6.50. The summed E-state index contributed by atoms with van der Waals surface area (Å²) in [5.41, 5.74) is 9.99. The van der Waals surface area contributed by atoms with Gasteiger partial charge in [-0.2, -0.15) is 0 Å². The predicted octanol–water partition coefficient (Wildman–Crippen LogP) is 2.80. The van der Waals surface area contributed by atoms with E-state index in [-0.39, 0.29) is 18.8 Å². The molecule has 0 amide bonds. The van der Waals surface area contributed by atoms with E-state index < -0.39 is 12.1 Å². The number of nitrogens with zero attached hydrogens (tertiary/aromatic N) is 2. The van der Waals surface area contributed by atoms with Crippen molar-refractivity contribution in [3.8, 4) is 23.0 Å². The lowest BCUT2D eigenvalue weighted by molar-refractivity contribution is 0.102. The van der Waals surface area contributed by atoms with E-state index in [1.807, 2.05) is 24.3 Å². The second-order valence-corrected chi connectivity index (χ2v) is 7.86. The molecule has 6 nitrogen and oxygen atoms in total. The topological polar surface area (TPSA) is 93.5 Å². The summed E-state index contributed by atoms with van der Waals surface area (Å²) in [6, 6.07) is 16.1. The number of ether oxygens (including phenoxy) is 1. The third-order valence-electron chi connectivity index (χ3n) is 5.38. The molecule has 3 aromatic rings. The number of aliphatic hydroxyl groups excluding tert-OH is 2. The van der Waals surface area contributed by atoms with Gasteiger partial charge < -0.3 is 25.3 Å². The molecular weight excluding hydrogens is 390 g/mol. The first-order chi connectivity index (χ1) is 15.0. The SMILES string of the molecule is C[C@H](O)c1nccn1[C@@H](C#Cc1ccc(-c2ccc(CO[C@@H]3C[C@H]3N)cc2)cc1)CO. The molecule has 0 saturated heterocycles. The van der Waals surface area contributed by atoms with Crippen LogP contribution in [0.1, 0.15) is 42.4 Å². The van der Waals surface area contributed by atoms with E-state index in [1.54, 1.807) is 23.9 Å². The van der Waals surface area contributed by atoms with E-state index in [0.29, 0.717) is 12.4 Å². The van der Waals surface area contributed by atoms with Crippen molar-refractivity contribution in [3.63, 3.8) is 0 Å². The number of rotatable bonds is 7. The molecule has 2 aromatic carbocycles. The molecule has 1 fully saturated rings. The first kappa shape index (κ1) is 21.3. The number of nitrogens with two attached hydrogens (primary N) is 1. The van der Waals surface area contributed by atoms with Gasteiger partial charge in [0, 0.05) is 24.0 Å². The van der Waals surface area contributed by atoms with Crippen LogP contribution in [0.5, 0.6) is 0 Å². The van der Waals surface area contributed by atoms with Crippen LogP contribution in [0, 0.1) is 11.8 Å². The zero-order chi connectivity index (χ0) is 21.8. The average Bonchev–Trinajstić information content (AvgIpc) is 3.27. The van der Waals surface area contributed by atoms with Gasteiger partial charge >= 0.3 is 0 Å². The Morgan fingerprint density at radius 1 is 1.16 bits per heavy atom. The van der Waals surface area contributed by atoms with Crippen LogP contribution >= 0.6 is 0 Å². The van der Waals surface area contributed by atoms with Gasteiger partial charge in [-0.25, -0.2) is 4.98 Å². The molecule has 160 valence electrons. The Balaban J connectivity index is 1.42. The summed E-state index contributed by atoms with van der Waals surface area (Å²) in [4.78, 5) is 4.14. The van der Waals surface area contributed by atoms with Crippen LogP contribution in [-0.4, -0.2) is 38.5 Å². The predicted molar refractivity (Wildman–Crippen MR) is 119 cm³/mol. The summed E-state index contributed by atoms with van der Waals surface area (Å²) in [5, 5.41) is 19.6. The lowest BCUT2D eigenvalue weighted by Crippen LogP contribution is -2.15. The van der Waals surface area contributed by atoms with Crippen LogP contribution in [0.15, 0.2) is 60.9 Å². The van der Waals surface area contributed by atoms with Crippen molar-refractivity contribution in [1.29, 1.82) is 0 Å². The molecule has 31 heavy (non-hydrogen) atoms. The number of benzene rings is 2. The monoisotopic (exact) mass is 417 g/mol. The molecule has 1 aliphatic rings. The molecular formula is C25H27N3O3. The van der Waals surface area contributed by atoms with Crippen LogP contribution < -0.4 is 5.73 Å². The maximum atomic E-state index is 9.82. The summed E-state index contributed by atoms with van der Waals surface area (Å²) >= 11 is 0. The first-order valence-electron chi connectivity index (χ1n) is 10.4. The smallest absolute Gasteiger partial charge is 0.138 e. The van der Waals surface area contributed by atoms with Crippen LogP contribution in [-0.2, 0) is 11.3 Å². The Morgan fingerprint density at radius 2 is 1.81 bits per heavy atom. The molecule has 4 N–H and O–H groups in total. The van der Waals surface area contributed by atoms with Crippen molar-refractivity contribution in [2.75, 3.05) is 6.61 Å². The summed E-state index contributed by atoms with van der Waals surface area (Å²) in [6.45, 7) is 2.07. The third kappa shape index (κ3) is 5.22. The third-order valence-corrected chi connectivity index (χ3v) is 5.38. The molecule has 4 atom stereocenters. The number of hydrogen-bond acceptors (Lipinski definition) is 5. The highest BCUT2D eigenvalue weighted by atomic mass is 16.5. The highest BCUT2D eigenvalue weighted by Crippen LogP contribution is 2.25. The number of aliphatic hydroxyl groups is 2. The highest BCUT2D eigenvalue weighted by Gasteiger charge is 2.34. The molecule has 1 aromatic heterocycles. The van der Waals surface area contributed by atoms with E-state index in [2.05, 4.69) is 41.1 Å². The van der Waals surface area contributed by atoms with Crippen molar-refractivity contribution >= 4 is 0 Å². The van der Waals surface area contributed by atoms with Gasteiger partial charge in [-0.15, -0.1) is 0 Å². The van der Waals surface area contributed by atoms with Crippen molar-refractivity contribution in [2.45, 2.75) is 44.2 Å². The fraction of sp³-hybridized carbons (Fsp3) is 0.320. The summed E-state index contributed by atoms with van der Waals surface area (Å²) in [6.07, 6.45) is 3.75. The van der Waals surface area contributed by atoms with Gasteiger partial charge in [0.1, 0.15) is 18.0 Å². The largest absolute Gasteiger partial charge is 0.393 e. The zero-order valence-electron chi connectivity index (χ0n) is 17.5. The van der Waals surface area contributed by atoms with Crippen molar-refractivity contribution in [1.82, 2.24) is 9.55 Å². The molecule has 1 heterocycles. The second-order valence-electron chi connectivity index (χ2n) is 7.86. The lowest BCUT2D eigenvalue weighted by atomic mass is 10.0. The van der Waals surface area contributed by atoms with Gasteiger partial charge in [-0.1, -0.05) is 48.2 Å². The molecule has 0 aliphatic heterocycles. The average molecular weight is 418 g/mol. The standard InChI is InChI=1S/C25H27N3O3/c1-17(30)25-27-12-13-28(25)22(15-29)11-6-18-2-7-20(8-3-18)21-9-4-19(5-10-21)16-31-24-14-23(24)26/h2-5,7-10,12-13,17,22-24,29-30H,14-16,26H2,1H3/t17-,22-,23+,24+/m0/s1. The lowest BCUT2D eigenvalue weighted by Gasteiger charge is -2.14. The molecule has 0 bridgehead atoms. The fourth-order valence-corrected chi connectivity index (χ4v) is 3.41. The van der Waals surface area contributed by atoms with Gasteiger partial charge in [0.2, 0.25) is 0 Å². The van der Waals surface area contributed by atoms with Gasteiger partial charge in [0.15, 0.2) is 0 Å². The Bertz CT molecular complexity index is 1060. The van der Waals surface area contributed by atoms with E-state index >= 15 is 0 Å².